The summed E-state index contributed by atoms with van der Waals surface area (Å²) < 4.78 is 14.9. The van der Waals surface area contributed by atoms with Gasteiger partial charge in [0.25, 0.3) is 5.56 Å². The molecule has 0 N–H and O–H groups in total. The highest BCUT2D eigenvalue weighted by atomic mass is 79.9. The molecule has 0 amide bonds. The Labute approximate surface area is 256 Å². The van der Waals surface area contributed by atoms with E-state index in [2.05, 4.69) is 31.9 Å². The van der Waals surface area contributed by atoms with Crippen molar-refractivity contribution in [2.24, 2.45) is 4.99 Å². The first kappa shape index (κ1) is 28.5. The van der Waals surface area contributed by atoms with Crippen LogP contribution < -0.4 is 19.6 Å². The first-order chi connectivity index (χ1) is 19.3. The zero-order valence-corrected chi connectivity index (χ0v) is 26.2. The maximum Gasteiger partial charge on any atom is 0.338 e. The molecule has 3 aromatic carbocycles. The molecule has 0 saturated heterocycles. The van der Waals surface area contributed by atoms with Crippen LogP contribution >= 0.6 is 54.8 Å². The number of thiazole rings is 1. The van der Waals surface area contributed by atoms with Crippen LogP contribution in [0.1, 0.15) is 36.1 Å². The zero-order valence-electron chi connectivity index (χ0n) is 21.5. The van der Waals surface area contributed by atoms with Gasteiger partial charge in [0.1, 0.15) is 12.4 Å². The standard InChI is InChI=1S/C30H23Br2ClN2O4S/c1-3-23-25(29(37)38-2)26(18-9-5-4-6-10-18)35-28(36)24(40-30(35)34-23)14-19-13-20(31)15-22(32)27(19)39-16-17-8-7-11-21(33)12-17/h4-15,26H,3,16H2,1-2H3/b24-14+/t26-/m0/s1. The molecule has 2 heterocycles. The molecule has 4 aromatic rings. The largest absolute Gasteiger partial charge is 0.487 e. The SMILES string of the molecule is CCC1=C(C(=O)OC)[C@H](c2ccccc2)n2c(s/c(=C/c3cc(Br)cc(Br)c3OCc3cccc(Cl)c3)c2=O)=N1. The highest BCUT2D eigenvalue weighted by Crippen LogP contribution is 2.35. The molecule has 0 aliphatic carbocycles. The van der Waals surface area contributed by atoms with Crippen LogP contribution in [-0.2, 0) is 16.1 Å². The highest BCUT2D eigenvalue weighted by Gasteiger charge is 2.33. The van der Waals surface area contributed by atoms with Gasteiger partial charge in [-0.3, -0.25) is 9.36 Å². The average molecular weight is 703 g/mol. The lowest BCUT2D eigenvalue weighted by atomic mass is 9.95. The van der Waals surface area contributed by atoms with Gasteiger partial charge in [-0.2, -0.15) is 0 Å². The number of ether oxygens (including phenoxy) is 2. The van der Waals surface area contributed by atoms with E-state index in [9.17, 15) is 9.59 Å². The second-order valence-electron chi connectivity index (χ2n) is 8.92. The number of allylic oxidation sites excluding steroid dienone is 1. The molecule has 0 spiro atoms. The quantitative estimate of drug-likeness (QED) is 0.205. The van der Waals surface area contributed by atoms with Crippen molar-refractivity contribution in [1.82, 2.24) is 4.57 Å². The van der Waals surface area contributed by atoms with E-state index in [0.29, 0.717) is 50.0 Å². The fraction of sp³-hybridized carbons (Fsp3) is 0.167. The Kier molecular flexibility index (Phi) is 8.75. The highest BCUT2D eigenvalue weighted by molar-refractivity contribution is 9.11. The molecule has 0 radical (unpaired) electrons. The molecule has 1 aliphatic rings. The Morgan fingerprint density at radius 1 is 1.12 bits per heavy atom. The molecule has 0 fully saturated rings. The molecule has 1 aromatic heterocycles. The molecular formula is C30H23Br2ClN2O4S. The third-order valence-electron chi connectivity index (χ3n) is 6.36. The van der Waals surface area contributed by atoms with Crippen molar-refractivity contribution in [3.63, 3.8) is 0 Å². The van der Waals surface area contributed by atoms with Gasteiger partial charge in [-0.15, -0.1) is 0 Å². The van der Waals surface area contributed by atoms with Gasteiger partial charge in [0.15, 0.2) is 4.80 Å². The minimum Gasteiger partial charge on any atom is -0.487 e. The Hall–Kier alpha value is -2.98. The van der Waals surface area contributed by atoms with Crippen LogP contribution in [0, 0.1) is 0 Å². The first-order valence-electron chi connectivity index (χ1n) is 12.3. The van der Waals surface area contributed by atoms with Crippen molar-refractivity contribution in [2.45, 2.75) is 26.0 Å². The van der Waals surface area contributed by atoms with Crippen LogP contribution in [0.4, 0.5) is 0 Å². The lowest BCUT2D eigenvalue weighted by molar-refractivity contribution is -0.136. The predicted octanol–water partition coefficient (Wildman–Crippen LogP) is 6.56. The molecule has 6 nitrogen and oxygen atoms in total. The monoisotopic (exact) mass is 700 g/mol. The average Bonchev–Trinajstić information content (AvgIpc) is 3.25. The number of rotatable bonds is 7. The second-order valence-corrected chi connectivity index (χ2v) is 12.1. The number of fused-ring (bicyclic) bond motifs is 1. The van der Waals surface area contributed by atoms with Gasteiger partial charge in [-0.05, 0) is 63.8 Å². The van der Waals surface area contributed by atoms with Crippen LogP contribution in [0.3, 0.4) is 0 Å². The van der Waals surface area contributed by atoms with Crippen molar-refractivity contribution in [2.75, 3.05) is 7.11 Å². The third kappa shape index (κ3) is 5.74. The number of hydrogen-bond acceptors (Lipinski definition) is 6. The van der Waals surface area contributed by atoms with E-state index in [-0.39, 0.29) is 5.56 Å². The Morgan fingerprint density at radius 2 is 1.90 bits per heavy atom. The molecular weight excluding hydrogens is 680 g/mol. The molecule has 1 atom stereocenters. The van der Waals surface area contributed by atoms with Crippen molar-refractivity contribution < 1.29 is 14.3 Å². The van der Waals surface area contributed by atoms with Gasteiger partial charge < -0.3 is 9.47 Å². The minimum atomic E-state index is -0.658. The minimum absolute atomic E-state index is 0.258. The number of aromatic nitrogens is 1. The molecule has 10 heteroatoms. The van der Waals surface area contributed by atoms with Crippen LogP contribution in [0.2, 0.25) is 5.02 Å². The van der Waals surface area contributed by atoms with E-state index < -0.39 is 12.0 Å². The summed E-state index contributed by atoms with van der Waals surface area (Å²) in [7, 11) is 1.34. The van der Waals surface area contributed by atoms with Crippen molar-refractivity contribution in [3.05, 3.63) is 128 Å². The van der Waals surface area contributed by atoms with Crippen molar-refractivity contribution >= 4 is 66.8 Å². The number of benzene rings is 3. The van der Waals surface area contributed by atoms with Gasteiger partial charge in [0, 0.05) is 15.1 Å². The van der Waals surface area contributed by atoms with E-state index in [1.54, 1.807) is 10.6 Å². The Bertz CT molecular complexity index is 1820. The van der Waals surface area contributed by atoms with Crippen molar-refractivity contribution in [1.29, 1.82) is 0 Å². The van der Waals surface area contributed by atoms with Crippen molar-refractivity contribution in [3.8, 4) is 5.75 Å². The van der Waals surface area contributed by atoms with Crippen LogP contribution in [0.25, 0.3) is 6.08 Å². The summed E-state index contributed by atoms with van der Waals surface area (Å²) in [5.74, 6) is 0.0782. The Balaban J connectivity index is 1.66. The number of esters is 1. The normalized spacial score (nSPS) is 15.0. The van der Waals surface area contributed by atoms with Gasteiger partial charge in [-0.1, -0.05) is 88.3 Å². The lowest BCUT2D eigenvalue weighted by Crippen LogP contribution is -2.40. The maximum absolute atomic E-state index is 14.0. The molecule has 5 rings (SSSR count). The third-order valence-corrected chi connectivity index (χ3v) is 8.63. The fourth-order valence-electron chi connectivity index (χ4n) is 4.58. The summed E-state index contributed by atoms with van der Waals surface area (Å²) in [6, 6.07) is 20.0. The number of nitrogens with zero attached hydrogens (tertiary/aromatic N) is 2. The van der Waals surface area contributed by atoms with Gasteiger partial charge in [-0.25, -0.2) is 9.79 Å². The summed E-state index contributed by atoms with van der Waals surface area (Å²) in [5, 5.41) is 0.628. The van der Waals surface area contributed by atoms with E-state index in [1.807, 2.05) is 73.7 Å². The topological polar surface area (TPSA) is 69.9 Å². The van der Waals surface area contributed by atoms with E-state index in [0.717, 1.165) is 20.1 Å². The molecule has 1 aliphatic heterocycles. The maximum atomic E-state index is 14.0. The van der Waals surface area contributed by atoms with Gasteiger partial charge in [0.2, 0.25) is 0 Å². The molecule has 40 heavy (non-hydrogen) atoms. The number of methoxy groups -OCH3 is 1. The van der Waals surface area contributed by atoms with Crippen LogP contribution in [0.5, 0.6) is 5.75 Å². The fourth-order valence-corrected chi connectivity index (χ4v) is 7.17. The first-order valence-corrected chi connectivity index (χ1v) is 15.1. The van der Waals surface area contributed by atoms with Gasteiger partial charge in [0.05, 0.1) is 33.4 Å². The number of hydrogen-bond donors (Lipinski definition) is 0. The summed E-state index contributed by atoms with van der Waals surface area (Å²) in [6.45, 7) is 2.22. The number of carbonyl (C=O) groups excluding carboxylic acids is 1. The van der Waals surface area contributed by atoms with Gasteiger partial charge >= 0.3 is 5.97 Å². The summed E-state index contributed by atoms with van der Waals surface area (Å²) in [6.07, 6.45) is 2.31. The summed E-state index contributed by atoms with van der Waals surface area (Å²) in [5.41, 5.74) is 3.12. The molecule has 0 saturated carbocycles. The van der Waals surface area contributed by atoms with Crippen LogP contribution in [-0.4, -0.2) is 17.6 Å². The molecule has 204 valence electrons. The molecule has 0 bridgehead atoms. The van der Waals surface area contributed by atoms with E-state index in [4.69, 9.17) is 26.1 Å². The number of carbonyl (C=O) groups is 1. The summed E-state index contributed by atoms with van der Waals surface area (Å²) >= 11 is 14.6. The zero-order chi connectivity index (χ0) is 28.4. The van der Waals surface area contributed by atoms with E-state index >= 15 is 0 Å². The van der Waals surface area contributed by atoms with Crippen LogP contribution in [0.15, 0.2) is 96.7 Å². The summed E-state index contributed by atoms with van der Waals surface area (Å²) in [4.78, 5) is 32.2. The Morgan fingerprint density at radius 3 is 2.60 bits per heavy atom. The van der Waals surface area contributed by atoms with E-state index in [1.165, 1.54) is 18.4 Å². The molecule has 0 unspecified atom stereocenters. The predicted molar refractivity (Wildman–Crippen MR) is 164 cm³/mol. The smallest absolute Gasteiger partial charge is 0.338 e. The number of halogens is 3. The second kappa shape index (κ2) is 12.3. The lowest BCUT2D eigenvalue weighted by Gasteiger charge is -2.25.